The first-order chi connectivity index (χ1) is 13.9. The molecule has 28 heavy (non-hydrogen) atoms. The summed E-state index contributed by atoms with van der Waals surface area (Å²) < 4.78 is 0. The number of hydrogen-bond acceptors (Lipinski definition) is 2. The third-order valence-corrected chi connectivity index (χ3v) is 4.85. The summed E-state index contributed by atoms with van der Waals surface area (Å²) in [5, 5.41) is 4.84. The zero-order valence-corrected chi connectivity index (χ0v) is 15.9. The van der Waals surface area contributed by atoms with E-state index in [0.717, 1.165) is 30.7 Å². The van der Waals surface area contributed by atoms with Crippen molar-refractivity contribution in [1.29, 1.82) is 0 Å². The summed E-state index contributed by atoms with van der Waals surface area (Å²) in [6.07, 6.45) is 7.75. The predicted octanol–water partition coefficient (Wildman–Crippen LogP) is 6.81. The Bertz CT molecular complexity index is 925. The molecule has 0 bridgehead atoms. The number of benzene rings is 3. The molecule has 0 unspecified atom stereocenters. The lowest BCUT2D eigenvalue weighted by atomic mass is 9.86. The number of nitrogens with zero attached hydrogens (tertiary/aromatic N) is 1. The molecule has 0 saturated heterocycles. The molecule has 1 aliphatic carbocycles. The van der Waals surface area contributed by atoms with Crippen LogP contribution in [0.4, 0.5) is 5.69 Å². The molecule has 4 rings (SSSR count). The van der Waals surface area contributed by atoms with Crippen LogP contribution in [0, 0.1) is 0 Å². The Morgan fingerprint density at radius 3 is 1.57 bits per heavy atom. The quantitative estimate of drug-likeness (QED) is 0.505. The van der Waals surface area contributed by atoms with E-state index >= 15 is 0 Å². The van der Waals surface area contributed by atoms with Crippen LogP contribution in [0.3, 0.4) is 0 Å². The molecule has 0 aromatic heterocycles. The number of hydrogen-bond donors (Lipinski definition) is 1. The van der Waals surface area contributed by atoms with Crippen molar-refractivity contribution < 1.29 is 0 Å². The van der Waals surface area contributed by atoms with Gasteiger partial charge in [-0.05, 0) is 65.8 Å². The minimum atomic E-state index is 0.999. The maximum atomic E-state index is 4.84. The summed E-state index contributed by atoms with van der Waals surface area (Å²) in [6, 6.07) is 31.1. The van der Waals surface area contributed by atoms with Gasteiger partial charge >= 0.3 is 0 Å². The molecular formula is C26H24N2. The van der Waals surface area contributed by atoms with Crippen LogP contribution in [0.1, 0.15) is 30.4 Å². The smallest absolute Gasteiger partial charge is 0.0897 e. The van der Waals surface area contributed by atoms with Gasteiger partial charge in [-0.2, -0.15) is 5.10 Å². The van der Waals surface area contributed by atoms with E-state index in [1.807, 2.05) is 30.3 Å². The van der Waals surface area contributed by atoms with E-state index in [4.69, 9.17) is 5.10 Å². The fourth-order valence-electron chi connectivity index (χ4n) is 3.47. The molecule has 1 fully saturated rings. The van der Waals surface area contributed by atoms with Crippen LogP contribution >= 0.6 is 0 Å². The van der Waals surface area contributed by atoms with E-state index in [2.05, 4.69) is 78.2 Å². The second kappa shape index (κ2) is 9.01. The first-order valence-corrected chi connectivity index (χ1v) is 9.79. The van der Waals surface area contributed by atoms with Crippen molar-refractivity contribution in [2.24, 2.45) is 5.10 Å². The Labute approximate surface area is 166 Å². The van der Waals surface area contributed by atoms with E-state index in [9.17, 15) is 0 Å². The van der Waals surface area contributed by atoms with Crippen molar-refractivity contribution in [3.8, 4) is 0 Å². The van der Waals surface area contributed by atoms with Gasteiger partial charge in [-0.15, -0.1) is 0 Å². The Kier molecular flexibility index (Phi) is 5.79. The van der Waals surface area contributed by atoms with Gasteiger partial charge in [-0.1, -0.05) is 78.9 Å². The first-order valence-electron chi connectivity index (χ1n) is 9.79. The monoisotopic (exact) mass is 364 g/mol. The highest BCUT2D eigenvalue weighted by Gasteiger charge is 2.19. The Balaban J connectivity index is 1.72. The highest BCUT2D eigenvalue weighted by Crippen LogP contribution is 2.29. The van der Waals surface area contributed by atoms with Gasteiger partial charge in [0.15, 0.2) is 0 Å². The predicted molar refractivity (Wildman–Crippen MR) is 120 cm³/mol. The molecule has 0 radical (unpaired) electrons. The molecule has 0 heterocycles. The van der Waals surface area contributed by atoms with Gasteiger partial charge in [0.25, 0.3) is 0 Å². The molecule has 1 aliphatic rings. The fourth-order valence-corrected chi connectivity index (χ4v) is 3.47. The van der Waals surface area contributed by atoms with E-state index in [0.29, 0.717) is 0 Å². The van der Waals surface area contributed by atoms with Crippen molar-refractivity contribution in [2.45, 2.75) is 19.3 Å². The minimum absolute atomic E-state index is 0.999. The molecule has 2 heteroatoms. The third-order valence-electron chi connectivity index (χ3n) is 4.85. The Morgan fingerprint density at radius 1 is 0.607 bits per heavy atom. The topological polar surface area (TPSA) is 24.4 Å². The van der Waals surface area contributed by atoms with Crippen LogP contribution < -0.4 is 5.43 Å². The molecular weight excluding hydrogens is 340 g/mol. The zero-order chi connectivity index (χ0) is 19.0. The van der Waals surface area contributed by atoms with E-state index in [1.165, 1.54) is 22.3 Å². The van der Waals surface area contributed by atoms with Crippen molar-refractivity contribution in [2.75, 3.05) is 5.43 Å². The molecule has 1 N–H and O–H groups in total. The van der Waals surface area contributed by atoms with Crippen molar-refractivity contribution in [1.82, 2.24) is 0 Å². The Morgan fingerprint density at radius 2 is 1.07 bits per heavy atom. The molecule has 1 saturated carbocycles. The van der Waals surface area contributed by atoms with Crippen LogP contribution in [0.5, 0.6) is 0 Å². The molecule has 0 amide bonds. The molecule has 138 valence electrons. The largest absolute Gasteiger partial charge is 0.278 e. The number of rotatable bonds is 4. The van der Waals surface area contributed by atoms with Gasteiger partial charge in [0, 0.05) is 0 Å². The summed E-state index contributed by atoms with van der Waals surface area (Å²) >= 11 is 0. The Hall–Kier alpha value is -3.39. The first kappa shape index (κ1) is 18.0. The highest BCUT2D eigenvalue weighted by atomic mass is 15.3. The summed E-state index contributed by atoms with van der Waals surface area (Å²) in [7, 11) is 0. The van der Waals surface area contributed by atoms with Gasteiger partial charge in [-0.3, -0.25) is 5.43 Å². The van der Waals surface area contributed by atoms with Crippen LogP contribution in [-0.4, -0.2) is 5.71 Å². The maximum Gasteiger partial charge on any atom is 0.0897 e. The zero-order valence-electron chi connectivity index (χ0n) is 15.9. The molecule has 3 aromatic carbocycles. The normalized spacial score (nSPS) is 16.9. The summed E-state index contributed by atoms with van der Waals surface area (Å²) in [6.45, 7) is 0. The van der Waals surface area contributed by atoms with Crippen LogP contribution in [0.25, 0.3) is 12.2 Å². The summed E-state index contributed by atoms with van der Waals surface area (Å²) in [4.78, 5) is 0. The average Bonchev–Trinajstić information content (AvgIpc) is 2.75. The van der Waals surface area contributed by atoms with Crippen LogP contribution in [-0.2, 0) is 0 Å². The average molecular weight is 364 g/mol. The molecule has 3 aromatic rings. The number of anilines is 1. The van der Waals surface area contributed by atoms with E-state index in [1.54, 1.807) is 0 Å². The lowest BCUT2D eigenvalue weighted by Crippen LogP contribution is -2.15. The third kappa shape index (κ3) is 4.66. The molecule has 0 atom stereocenters. The molecule has 0 spiro atoms. The standard InChI is InChI=1S/C26H24N2/c1-4-11-21(12-5-1)19-23-15-10-16-24(20-22-13-6-2-7-14-22)26(23)28-27-25-17-8-3-9-18-25/h1-9,11-14,17-20,27H,10,15-16H2/b23-19+,24-20+. The maximum absolute atomic E-state index is 4.84. The molecule has 0 aliphatic heterocycles. The van der Waals surface area contributed by atoms with Crippen LogP contribution in [0.2, 0.25) is 0 Å². The lowest BCUT2D eigenvalue weighted by Gasteiger charge is -2.21. The number of allylic oxidation sites excluding steroid dienone is 2. The van der Waals surface area contributed by atoms with Crippen molar-refractivity contribution >= 4 is 23.6 Å². The number of hydrazone groups is 1. The summed E-state index contributed by atoms with van der Waals surface area (Å²) in [5.41, 5.74) is 10.3. The van der Waals surface area contributed by atoms with Crippen molar-refractivity contribution in [3.05, 3.63) is 113 Å². The van der Waals surface area contributed by atoms with Crippen LogP contribution in [0.15, 0.2) is 107 Å². The van der Waals surface area contributed by atoms with Gasteiger partial charge < -0.3 is 0 Å². The second-order valence-corrected chi connectivity index (χ2v) is 6.95. The van der Waals surface area contributed by atoms with Gasteiger partial charge in [0.1, 0.15) is 0 Å². The summed E-state index contributed by atoms with van der Waals surface area (Å²) in [5.74, 6) is 0. The van der Waals surface area contributed by atoms with E-state index < -0.39 is 0 Å². The van der Waals surface area contributed by atoms with Gasteiger partial charge in [0.05, 0.1) is 11.4 Å². The van der Waals surface area contributed by atoms with Crippen molar-refractivity contribution in [3.63, 3.8) is 0 Å². The number of para-hydroxylation sites is 1. The second-order valence-electron chi connectivity index (χ2n) is 6.95. The fraction of sp³-hybridized carbons (Fsp3) is 0.115. The SMILES string of the molecule is C(=C1/CCC/C(=C\c2ccccc2)C1=NNc1ccccc1)/c1ccccc1. The van der Waals surface area contributed by atoms with Gasteiger partial charge in [-0.25, -0.2) is 0 Å². The minimum Gasteiger partial charge on any atom is -0.278 e. The molecule has 2 nitrogen and oxygen atoms in total. The van der Waals surface area contributed by atoms with Gasteiger partial charge in [0.2, 0.25) is 0 Å². The number of nitrogens with one attached hydrogen (secondary N) is 1. The highest BCUT2D eigenvalue weighted by molar-refractivity contribution is 6.17. The van der Waals surface area contributed by atoms with E-state index in [-0.39, 0.29) is 0 Å². The lowest BCUT2D eigenvalue weighted by molar-refractivity contribution is 0.817.